The van der Waals surface area contributed by atoms with Gasteiger partial charge in [-0.05, 0) is 128 Å². The van der Waals surface area contributed by atoms with Crippen LogP contribution < -0.4 is 5.32 Å². The van der Waals surface area contributed by atoms with E-state index in [1.165, 1.54) is 5.57 Å². The zero-order valence-electron chi connectivity index (χ0n) is 33.2. The molecule has 0 saturated heterocycles. The number of carboxylic acid groups (broad SMARTS) is 1. The number of carbonyl (C=O) groups is 3. The average Bonchev–Trinajstić information content (AvgIpc) is 3.36. The van der Waals surface area contributed by atoms with Gasteiger partial charge in [0.25, 0.3) is 0 Å². The van der Waals surface area contributed by atoms with Gasteiger partial charge in [-0.25, -0.2) is 0 Å². The minimum Gasteiger partial charge on any atom is -0.481 e. The molecule has 5 aliphatic rings. The van der Waals surface area contributed by atoms with Gasteiger partial charge in [0.15, 0.2) is 5.78 Å². The van der Waals surface area contributed by atoms with Crippen molar-refractivity contribution < 1.29 is 29.3 Å². The van der Waals surface area contributed by atoms with Crippen molar-refractivity contribution in [1.82, 2.24) is 5.32 Å². The number of hydrogen-bond donors (Lipinski definition) is 3. The van der Waals surface area contributed by atoms with Crippen molar-refractivity contribution in [2.75, 3.05) is 6.54 Å². The molecule has 0 aliphatic heterocycles. The summed E-state index contributed by atoms with van der Waals surface area (Å²) < 4.78 is 6.16. The second-order valence-electron chi connectivity index (χ2n) is 19.8. The molecule has 52 heavy (non-hydrogen) atoms. The number of rotatable bonds is 10. The number of aliphatic carboxylic acids is 1. The third-order valence-electron chi connectivity index (χ3n) is 16.1. The van der Waals surface area contributed by atoms with Crippen LogP contribution in [0.3, 0.4) is 0 Å². The second-order valence-corrected chi connectivity index (χ2v) is 20.3. The summed E-state index contributed by atoms with van der Waals surface area (Å²) in [5, 5.41) is 26.0. The summed E-state index contributed by atoms with van der Waals surface area (Å²) in [6.45, 7) is 20.7. The van der Waals surface area contributed by atoms with Crippen LogP contribution in [-0.2, 0) is 25.7 Å². The van der Waals surface area contributed by atoms with Crippen LogP contribution in [0.15, 0.2) is 35.4 Å². The number of carbonyl (C=O) groups excluding carboxylic acids is 2. The fourth-order valence-corrected chi connectivity index (χ4v) is 13.2. The smallest absolute Gasteiger partial charge is 0.309 e. The molecule has 288 valence electrons. The van der Waals surface area contributed by atoms with Gasteiger partial charge in [-0.1, -0.05) is 77.8 Å². The van der Waals surface area contributed by atoms with Gasteiger partial charge in [-0.3, -0.25) is 14.4 Å². The first-order chi connectivity index (χ1) is 24.1. The van der Waals surface area contributed by atoms with Gasteiger partial charge in [0.1, 0.15) is 6.10 Å². The van der Waals surface area contributed by atoms with E-state index < -0.39 is 28.9 Å². The maximum Gasteiger partial charge on any atom is 0.309 e. The number of aliphatic hydroxyl groups excluding tert-OH is 1. The lowest BCUT2D eigenvalue weighted by Gasteiger charge is -2.72. The van der Waals surface area contributed by atoms with Gasteiger partial charge in [0, 0.05) is 35.4 Å². The Morgan fingerprint density at radius 3 is 2.25 bits per heavy atom. The number of esters is 1. The van der Waals surface area contributed by atoms with Crippen LogP contribution in [0.1, 0.15) is 132 Å². The normalized spacial score (nSPS) is 37.5. The molecule has 1 aromatic rings. The number of fused-ring (bicyclic) bond motifs is 7. The van der Waals surface area contributed by atoms with Crippen LogP contribution in [0.2, 0.25) is 5.02 Å². The Kier molecular flexibility index (Phi) is 10.3. The van der Waals surface area contributed by atoms with Gasteiger partial charge in [-0.15, -0.1) is 0 Å². The lowest BCUT2D eigenvalue weighted by molar-refractivity contribution is -0.235. The van der Waals surface area contributed by atoms with Crippen LogP contribution in [0, 0.1) is 56.2 Å². The fourth-order valence-electron chi connectivity index (χ4n) is 13.1. The highest BCUT2D eigenvalue weighted by Crippen LogP contribution is 2.77. The lowest BCUT2D eigenvalue weighted by atomic mass is 9.33. The molecule has 0 bridgehead atoms. The van der Waals surface area contributed by atoms with E-state index in [1.807, 2.05) is 24.3 Å². The molecular formula is C44H64ClNO6. The molecule has 0 radical (unpaired) electrons. The van der Waals surface area contributed by atoms with E-state index in [2.05, 4.69) is 53.8 Å². The topological polar surface area (TPSA) is 113 Å². The average molecular weight is 738 g/mol. The lowest BCUT2D eigenvalue weighted by Crippen LogP contribution is -2.66. The molecule has 0 spiro atoms. The molecule has 8 heteroatoms. The Labute approximate surface area is 317 Å². The second kappa shape index (κ2) is 13.5. The predicted octanol–water partition coefficient (Wildman–Crippen LogP) is 9.18. The van der Waals surface area contributed by atoms with E-state index in [1.54, 1.807) is 13.8 Å². The Bertz CT molecular complexity index is 1610. The summed E-state index contributed by atoms with van der Waals surface area (Å²) in [6, 6.07) is 7.79. The summed E-state index contributed by atoms with van der Waals surface area (Å²) in [4.78, 5) is 38.8. The number of ether oxygens (including phenoxy) is 1. The quantitative estimate of drug-likeness (QED) is 0.205. The minimum absolute atomic E-state index is 0.0141. The maximum atomic E-state index is 14.0. The molecule has 4 saturated carbocycles. The molecular weight excluding hydrogens is 674 g/mol. The van der Waals surface area contributed by atoms with Crippen LogP contribution in [0.4, 0.5) is 0 Å². The van der Waals surface area contributed by atoms with Crippen LogP contribution in [0.5, 0.6) is 0 Å². The Morgan fingerprint density at radius 1 is 0.942 bits per heavy atom. The number of carboxylic acids is 1. The van der Waals surface area contributed by atoms with Crippen molar-refractivity contribution in [2.24, 2.45) is 56.2 Å². The molecule has 0 aromatic heterocycles. The Balaban J connectivity index is 1.26. The molecule has 1 aromatic carbocycles. The molecule has 0 amide bonds. The third-order valence-corrected chi connectivity index (χ3v) is 16.3. The number of halogens is 1. The first kappa shape index (κ1) is 39.5. The summed E-state index contributed by atoms with van der Waals surface area (Å²) in [6.07, 6.45) is 7.17. The van der Waals surface area contributed by atoms with E-state index in [9.17, 15) is 24.6 Å². The van der Waals surface area contributed by atoms with Gasteiger partial charge >= 0.3 is 11.9 Å². The van der Waals surface area contributed by atoms with Gasteiger partial charge in [0.2, 0.25) is 0 Å². The monoisotopic (exact) mass is 737 g/mol. The Morgan fingerprint density at radius 2 is 1.62 bits per heavy atom. The summed E-state index contributed by atoms with van der Waals surface area (Å²) >= 11 is 6.10. The van der Waals surface area contributed by atoms with Crippen LogP contribution in [0.25, 0.3) is 0 Å². The first-order valence-corrected chi connectivity index (χ1v) is 20.4. The number of hydrogen-bond acceptors (Lipinski definition) is 6. The van der Waals surface area contributed by atoms with E-state index >= 15 is 0 Å². The molecule has 5 aliphatic carbocycles. The molecule has 4 fully saturated rings. The van der Waals surface area contributed by atoms with Gasteiger partial charge < -0.3 is 20.3 Å². The SMILES string of the molecule is CC(C)C1=C2[C@H]3CC[C@@H]4[C@@]5(C)CC[C@H](OC(=O)CC(C)(C)C(=O)O)C(C)(C)[C@@H]5CC[C@@]4(C)[C@]3(C)CC[C@@]2(C(O)CNCc2ccc(Cl)cc2)CC1=O. The zero-order chi connectivity index (χ0) is 38.2. The first-order valence-electron chi connectivity index (χ1n) is 20.0. The van der Waals surface area contributed by atoms with Crippen molar-refractivity contribution in [2.45, 2.75) is 145 Å². The number of benzene rings is 1. The number of Topliss-reactive ketones (excluding diaryl/α,β-unsaturated/α-hetero) is 1. The maximum absolute atomic E-state index is 14.0. The highest BCUT2D eigenvalue weighted by atomic mass is 35.5. The van der Waals surface area contributed by atoms with Gasteiger partial charge in [-0.2, -0.15) is 0 Å². The predicted molar refractivity (Wildman–Crippen MR) is 205 cm³/mol. The van der Waals surface area contributed by atoms with E-state index in [0.717, 1.165) is 62.5 Å². The molecule has 3 N–H and O–H groups in total. The van der Waals surface area contributed by atoms with Crippen molar-refractivity contribution in [3.05, 3.63) is 46.0 Å². The summed E-state index contributed by atoms with van der Waals surface area (Å²) in [5.41, 5.74) is 1.55. The molecule has 1 unspecified atom stereocenters. The number of aliphatic hydroxyl groups is 1. The Hall–Kier alpha value is -2.22. The van der Waals surface area contributed by atoms with Crippen molar-refractivity contribution in [3.63, 3.8) is 0 Å². The molecule has 9 atom stereocenters. The largest absolute Gasteiger partial charge is 0.481 e. The standard InChI is InChI=1S/C44H64ClNO6/c1-26(2)36-30(47)22-44(33(48)25-46-24-27-10-12-28(45)13-11-27)21-20-42(8)29(37(36)44)14-15-32-41(7)18-17-34(52-35(49)23-39(3,4)38(50)51)40(5,6)31(41)16-19-43(32,42)9/h10-13,26,29,31-34,46,48H,14-25H2,1-9H3,(H,50,51)/t29-,31+,32-,33?,34+,41+,42-,43-,44+/m1/s1. The van der Waals surface area contributed by atoms with Crippen molar-refractivity contribution in [1.29, 1.82) is 0 Å². The van der Waals surface area contributed by atoms with E-state index in [-0.39, 0.29) is 51.8 Å². The summed E-state index contributed by atoms with van der Waals surface area (Å²) in [5.74, 6) is 0.0352. The van der Waals surface area contributed by atoms with E-state index in [4.69, 9.17) is 16.3 Å². The number of allylic oxidation sites excluding steroid dienone is 1. The van der Waals surface area contributed by atoms with E-state index in [0.29, 0.717) is 36.4 Å². The zero-order valence-corrected chi connectivity index (χ0v) is 33.9. The van der Waals surface area contributed by atoms with Crippen molar-refractivity contribution >= 4 is 29.3 Å². The highest BCUT2D eigenvalue weighted by molar-refractivity contribution is 6.30. The molecule has 6 rings (SSSR count). The molecule has 0 heterocycles. The number of nitrogens with one attached hydrogen (secondary N) is 1. The van der Waals surface area contributed by atoms with Gasteiger partial charge in [0.05, 0.1) is 17.9 Å². The molecule has 7 nitrogen and oxygen atoms in total. The fraction of sp³-hybridized carbons (Fsp3) is 0.750. The minimum atomic E-state index is -1.17. The van der Waals surface area contributed by atoms with Crippen molar-refractivity contribution in [3.8, 4) is 0 Å². The third kappa shape index (κ3) is 6.11. The number of ketones is 1. The summed E-state index contributed by atoms with van der Waals surface area (Å²) in [7, 11) is 0. The van der Waals surface area contributed by atoms with Crippen LogP contribution >= 0.6 is 11.6 Å². The van der Waals surface area contributed by atoms with Crippen LogP contribution in [-0.4, -0.2) is 46.7 Å². The highest BCUT2D eigenvalue weighted by Gasteiger charge is 2.70.